The molecule has 0 amide bonds. The summed E-state index contributed by atoms with van der Waals surface area (Å²) in [6.45, 7) is 1.87. The Hall–Kier alpha value is -2.21. The van der Waals surface area contributed by atoms with Crippen molar-refractivity contribution in [2.75, 3.05) is 0 Å². The number of hydrogen-bond donors (Lipinski definition) is 1. The van der Waals surface area contributed by atoms with Crippen molar-refractivity contribution in [1.82, 2.24) is 13.8 Å². The van der Waals surface area contributed by atoms with Crippen molar-refractivity contribution in [1.29, 1.82) is 0 Å². The van der Waals surface area contributed by atoms with Crippen molar-refractivity contribution in [3.05, 3.63) is 41.2 Å². The first-order chi connectivity index (χ1) is 8.65. The van der Waals surface area contributed by atoms with E-state index in [-0.39, 0.29) is 5.56 Å². The molecule has 6 heteroatoms. The number of aryl methyl sites for hydroxylation is 1. The van der Waals surface area contributed by atoms with Gasteiger partial charge in [-0.05, 0) is 30.6 Å². The molecule has 0 atom stereocenters. The quantitative estimate of drug-likeness (QED) is 0.767. The lowest BCUT2D eigenvalue weighted by Gasteiger charge is -2.03. The largest absolute Gasteiger partial charge is 0.478 e. The van der Waals surface area contributed by atoms with Crippen LogP contribution in [-0.4, -0.2) is 24.8 Å². The molecule has 0 aliphatic rings. The molecule has 3 aromatic rings. The molecule has 0 bridgehead atoms. The summed E-state index contributed by atoms with van der Waals surface area (Å²) in [6, 6.07) is 3.47. The summed E-state index contributed by atoms with van der Waals surface area (Å²) in [4.78, 5) is 15.5. The number of nitrogens with zero attached hydrogens (tertiary/aromatic N) is 3. The van der Waals surface area contributed by atoms with Gasteiger partial charge in [0.15, 0.2) is 0 Å². The Morgan fingerprint density at radius 3 is 2.94 bits per heavy atom. The van der Waals surface area contributed by atoms with Crippen LogP contribution < -0.4 is 0 Å². The van der Waals surface area contributed by atoms with E-state index in [0.29, 0.717) is 0 Å². The Balaban J connectivity index is 2.36. The molecule has 5 nitrogen and oxygen atoms in total. The maximum absolute atomic E-state index is 11.1. The highest BCUT2D eigenvalue weighted by atomic mass is 32.1. The maximum Gasteiger partial charge on any atom is 0.337 e. The molecular formula is C12H9N3O2S. The van der Waals surface area contributed by atoms with E-state index in [0.717, 1.165) is 22.6 Å². The zero-order valence-corrected chi connectivity index (χ0v) is 10.3. The normalized spacial score (nSPS) is 10.9. The van der Waals surface area contributed by atoms with Crippen molar-refractivity contribution < 1.29 is 9.90 Å². The van der Waals surface area contributed by atoms with E-state index in [1.165, 1.54) is 11.5 Å². The smallest absolute Gasteiger partial charge is 0.337 e. The van der Waals surface area contributed by atoms with E-state index in [1.807, 2.05) is 18.4 Å². The van der Waals surface area contributed by atoms with Gasteiger partial charge in [0.05, 0.1) is 17.0 Å². The number of aromatic nitrogens is 3. The summed E-state index contributed by atoms with van der Waals surface area (Å²) in [6.07, 6.45) is 3.37. The standard InChI is InChI=1S/C12H9N3O2S/c1-7-5-15-6-8(12(16)17)4-9(11(15)13-7)10-2-3-18-14-10/h2-6H,1H3,(H,16,17). The second kappa shape index (κ2) is 3.92. The second-order valence-electron chi connectivity index (χ2n) is 3.95. The second-order valence-corrected chi connectivity index (χ2v) is 4.61. The zero-order valence-electron chi connectivity index (χ0n) is 9.49. The maximum atomic E-state index is 11.1. The monoisotopic (exact) mass is 259 g/mol. The minimum Gasteiger partial charge on any atom is -0.478 e. The molecule has 3 aromatic heterocycles. The highest BCUT2D eigenvalue weighted by Crippen LogP contribution is 2.25. The van der Waals surface area contributed by atoms with Gasteiger partial charge in [-0.3, -0.25) is 0 Å². The van der Waals surface area contributed by atoms with Gasteiger partial charge in [-0.2, -0.15) is 4.37 Å². The number of carboxylic acids is 1. The summed E-state index contributed by atoms with van der Waals surface area (Å²) >= 11 is 1.33. The predicted molar refractivity (Wildman–Crippen MR) is 68.0 cm³/mol. The highest BCUT2D eigenvalue weighted by Gasteiger charge is 2.13. The van der Waals surface area contributed by atoms with Crippen LogP contribution in [0.1, 0.15) is 16.1 Å². The molecule has 0 saturated heterocycles. The van der Waals surface area contributed by atoms with E-state index in [4.69, 9.17) is 5.11 Å². The fourth-order valence-corrected chi connectivity index (χ4v) is 2.40. The number of pyridine rings is 1. The lowest BCUT2D eigenvalue weighted by atomic mass is 10.1. The molecule has 0 aliphatic heterocycles. The minimum atomic E-state index is -0.959. The van der Waals surface area contributed by atoms with E-state index in [9.17, 15) is 4.79 Å². The fraction of sp³-hybridized carbons (Fsp3) is 0.0833. The first-order valence-corrected chi connectivity index (χ1v) is 6.12. The predicted octanol–water partition coefficient (Wildman–Crippen LogP) is 2.46. The van der Waals surface area contributed by atoms with Crippen molar-refractivity contribution >= 4 is 23.1 Å². The van der Waals surface area contributed by atoms with Crippen LogP contribution in [0.4, 0.5) is 0 Å². The number of imidazole rings is 1. The molecule has 0 aliphatic carbocycles. The number of carboxylic acid groups (broad SMARTS) is 1. The Bertz CT molecular complexity index is 731. The molecule has 0 fully saturated rings. The van der Waals surface area contributed by atoms with Gasteiger partial charge in [0.1, 0.15) is 5.65 Å². The summed E-state index contributed by atoms with van der Waals surface area (Å²) < 4.78 is 5.97. The molecule has 0 spiro atoms. The van der Waals surface area contributed by atoms with Gasteiger partial charge in [-0.25, -0.2) is 9.78 Å². The number of aromatic carboxylic acids is 1. The first kappa shape index (κ1) is 10.9. The third kappa shape index (κ3) is 1.67. The fourth-order valence-electron chi connectivity index (χ4n) is 1.88. The van der Waals surface area contributed by atoms with E-state index < -0.39 is 5.97 Å². The highest BCUT2D eigenvalue weighted by molar-refractivity contribution is 7.03. The van der Waals surface area contributed by atoms with E-state index >= 15 is 0 Å². The van der Waals surface area contributed by atoms with Crippen LogP contribution in [0.3, 0.4) is 0 Å². The van der Waals surface area contributed by atoms with Gasteiger partial charge in [0.2, 0.25) is 0 Å². The van der Waals surface area contributed by atoms with Gasteiger partial charge in [-0.1, -0.05) is 0 Å². The van der Waals surface area contributed by atoms with Crippen molar-refractivity contribution in [3.8, 4) is 11.3 Å². The third-order valence-corrected chi connectivity index (χ3v) is 3.19. The van der Waals surface area contributed by atoms with Crippen LogP contribution in [0.15, 0.2) is 29.9 Å². The van der Waals surface area contributed by atoms with Crippen molar-refractivity contribution in [2.45, 2.75) is 6.92 Å². The summed E-state index contributed by atoms with van der Waals surface area (Å²) in [7, 11) is 0. The van der Waals surface area contributed by atoms with Crippen LogP contribution in [0.25, 0.3) is 16.9 Å². The summed E-state index contributed by atoms with van der Waals surface area (Å²) in [5, 5.41) is 11.0. The van der Waals surface area contributed by atoms with Crippen molar-refractivity contribution in [2.24, 2.45) is 0 Å². The first-order valence-electron chi connectivity index (χ1n) is 5.28. The average Bonchev–Trinajstić information content (AvgIpc) is 2.94. The number of hydrogen-bond acceptors (Lipinski definition) is 4. The number of fused-ring (bicyclic) bond motifs is 1. The number of rotatable bonds is 2. The third-order valence-electron chi connectivity index (χ3n) is 2.63. The molecule has 18 heavy (non-hydrogen) atoms. The molecule has 1 N–H and O–H groups in total. The van der Waals surface area contributed by atoms with Gasteiger partial charge in [-0.15, -0.1) is 0 Å². The van der Waals surface area contributed by atoms with E-state index in [1.54, 1.807) is 22.9 Å². The molecule has 3 rings (SSSR count). The summed E-state index contributed by atoms with van der Waals surface area (Å²) in [5.74, 6) is -0.959. The topological polar surface area (TPSA) is 67.5 Å². The van der Waals surface area contributed by atoms with Crippen LogP contribution in [0.2, 0.25) is 0 Å². The Morgan fingerprint density at radius 1 is 1.44 bits per heavy atom. The Labute approximate surface area is 107 Å². The van der Waals surface area contributed by atoms with Gasteiger partial charge >= 0.3 is 5.97 Å². The van der Waals surface area contributed by atoms with Crippen LogP contribution >= 0.6 is 11.5 Å². The van der Waals surface area contributed by atoms with Crippen molar-refractivity contribution in [3.63, 3.8) is 0 Å². The minimum absolute atomic E-state index is 0.225. The lowest BCUT2D eigenvalue weighted by molar-refractivity contribution is 0.0696. The van der Waals surface area contributed by atoms with Gasteiger partial charge in [0, 0.05) is 23.3 Å². The van der Waals surface area contributed by atoms with Crippen LogP contribution in [0.5, 0.6) is 0 Å². The van der Waals surface area contributed by atoms with Gasteiger partial charge in [0.25, 0.3) is 0 Å². The Morgan fingerprint density at radius 2 is 2.28 bits per heavy atom. The molecule has 3 heterocycles. The average molecular weight is 259 g/mol. The zero-order chi connectivity index (χ0) is 12.7. The molecule has 0 aromatic carbocycles. The van der Waals surface area contributed by atoms with Gasteiger partial charge < -0.3 is 9.51 Å². The number of carbonyl (C=O) groups is 1. The van der Waals surface area contributed by atoms with Crippen LogP contribution in [-0.2, 0) is 0 Å². The molecule has 0 unspecified atom stereocenters. The molecule has 90 valence electrons. The molecule has 0 radical (unpaired) electrons. The van der Waals surface area contributed by atoms with Crippen LogP contribution in [0, 0.1) is 6.92 Å². The summed E-state index contributed by atoms with van der Waals surface area (Å²) in [5.41, 5.74) is 3.28. The SMILES string of the molecule is Cc1cn2cc(C(=O)O)cc(-c3ccsn3)c2n1. The molecular weight excluding hydrogens is 250 g/mol. The lowest BCUT2D eigenvalue weighted by Crippen LogP contribution is -2.00. The van der Waals surface area contributed by atoms with E-state index in [2.05, 4.69) is 9.36 Å². The Kier molecular flexibility index (Phi) is 2.38. The molecule has 0 saturated carbocycles.